The van der Waals surface area contributed by atoms with Crippen molar-refractivity contribution in [1.29, 1.82) is 0 Å². The van der Waals surface area contributed by atoms with Crippen LogP contribution in [0.2, 0.25) is 5.02 Å². The van der Waals surface area contributed by atoms with Crippen LogP contribution in [0.4, 0.5) is 4.39 Å². The van der Waals surface area contributed by atoms with Crippen LogP contribution in [0.15, 0.2) is 36.4 Å². The highest BCUT2D eigenvalue weighted by Gasteiger charge is 2.37. The summed E-state index contributed by atoms with van der Waals surface area (Å²) >= 11 is 6.75. The zero-order valence-electron chi connectivity index (χ0n) is 22.2. The Bertz CT molecular complexity index is 1570. The van der Waals surface area contributed by atoms with Crippen molar-refractivity contribution in [3.8, 4) is 28.5 Å². The van der Waals surface area contributed by atoms with E-state index in [1.165, 1.54) is 41.7 Å². The van der Waals surface area contributed by atoms with Crippen molar-refractivity contribution in [1.82, 2.24) is 10.3 Å². The van der Waals surface area contributed by atoms with Crippen LogP contribution >= 0.6 is 11.6 Å². The molecule has 3 aromatic rings. The Morgan fingerprint density at radius 2 is 1.92 bits per heavy atom. The van der Waals surface area contributed by atoms with E-state index in [2.05, 4.69) is 55.7 Å². The molecule has 5 nitrogen and oxygen atoms in total. The van der Waals surface area contributed by atoms with E-state index in [0.717, 1.165) is 23.4 Å². The molecule has 7 rings (SSSR count). The van der Waals surface area contributed by atoms with Crippen LogP contribution in [-0.2, 0) is 6.42 Å². The minimum atomic E-state index is -1.86. The molecule has 2 aliphatic heterocycles. The van der Waals surface area contributed by atoms with Crippen molar-refractivity contribution in [3.05, 3.63) is 68.7 Å². The lowest BCUT2D eigenvalue weighted by atomic mass is 9.88. The van der Waals surface area contributed by atoms with Gasteiger partial charge in [-0.1, -0.05) is 36.7 Å². The van der Waals surface area contributed by atoms with Gasteiger partial charge in [0.2, 0.25) is 0 Å². The van der Waals surface area contributed by atoms with Crippen LogP contribution in [0, 0.1) is 5.92 Å². The zero-order chi connectivity index (χ0) is 26.7. The fourth-order valence-corrected chi connectivity index (χ4v) is 6.05. The van der Waals surface area contributed by atoms with Crippen LogP contribution in [-0.4, -0.2) is 24.2 Å². The van der Waals surface area contributed by atoms with Crippen LogP contribution in [0.3, 0.4) is 0 Å². The molecule has 4 aliphatic rings. The van der Waals surface area contributed by atoms with Gasteiger partial charge in [-0.05, 0) is 85.2 Å². The van der Waals surface area contributed by atoms with Gasteiger partial charge in [-0.3, -0.25) is 0 Å². The number of fused-ring (bicyclic) bond motifs is 2. The van der Waals surface area contributed by atoms with E-state index in [4.69, 9.17) is 30.8 Å². The van der Waals surface area contributed by atoms with E-state index in [-0.39, 0.29) is 17.6 Å². The lowest BCUT2D eigenvalue weighted by Gasteiger charge is -2.20. The van der Waals surface area contributed by atoms with Gasteiger partial charge in [0.15, 0.2) is 11.5 Å². The highest BCUT2D eigenvalue weighted by molar-refractivity contribution is 6.35. The Labute approximate surface area is 232 Å². The van der Waals surface area contributed by atoms with E-state index in [9.17, 15) is 4.39 Å². The molecule has 2 fully saturated rings. The summed E-state index contributed by atoms with van der Waals surface area (Å²) in [6, 6.07) is 13.2. The summed E-state index contributed by atoms with van der Waals surface area (Å²) in [7, 11) is 0. The van der Waals surface area contributed by atoms with Crippen LogP contribution in [0.5, 0.6) is 17.2 Å². The number of aromatic nitrogens is 1. The molecule has 3 heterocycles. The van der Waals surface area contributed by atoms with Crippen molar-refractivity contribution in [2.45, 2.75) is 70.4 Å². The monoisotopic (exact) mass is 546 g/mol. The van der Waals surface area contributed by atoms with Crippen molar-refractivity contribution < 1.29 is 18.6 Å². The molecular formula is C32H32ClFN2O3. The van der Waals surface area contributed by atoms with Crippen molar-refractivity contribution in [2.75, 3.05) is 6.61 Å². The average Bonchev–Trinajstić information content (AvgIpc) is 3.87. The van der Waals surface area contributed by atoms with E-state index in [0.29, 0.717) is 40.6 Å². The summed E-state index contributed by atoms with van der Waals surface area (Å²) in [5.74, 6) is 2.39. The lowest BCUT2D eigenvalue weighted by Crippen LogP contribution is -2.28. The Balaban J connectivity index is 1.29. The first kappa shape index (κ1) is 24.8. The molecule has 0 amide bonds. The second kappa shape index (κ2) is 9.74. The molecule has 2 aromatic carbocycles. The lowest BCUT2D eigenvalue weighted by molar-refractivity contribution is -0.0651. The van der Waals surface area contributed by atoms with E-state index < -0.39 is 6.54 Å². The largest absolute Gasteiger partial charge is 0.490 e. The summed E-state index contributed by atoms with van der Waals surface area (Å²) in [6.45, 7) is 3.00. The number of rotatable bonds is 7. The fourth-order valence-electron chi connectivity index (χ4n) is 5.76. The van der Waals surface area contributed by atoms with Gasteiger partial charge in [0.05, 0.1) is 11.6 Å². The molecule has 0 radical (unpaired) electrons. The standard InChI is InChI=1S/C32H32ClFN2O3/c1-3-19-5-4-18(12-21(19)15-35-22-8-9-22)13-25(20-6-7-20)26-14-24-17(2)16-37-30(24)29(36-26)23-10-11-27-31(28(23)33)39-32(34)38-27/h3-5,10-12,14-15,17,20,22,25,32,35H,6-9,13,16H2,1-2H3/b19-3+,21-15-. The quantitative estimate of drug-likeness (QED) is 0.397. The molecule has 7 heteroatoms. The number of alkyl halides is 1. The molecule has 3 unspecified atom stereocenters. The molecular weight excluding hydrogens is 515 g/mol. The molecule has 1 aromatic heterocycles. The van der Waals surface area contributed by atoms with Gasteiger partial charge in [-0.25, -0.2) is 4.98 Å². The average molecular weight is 547 g/mol. The summed E-state index contributed by atoms with van der Waals surface area (Å²) in [5, 5.41) is 6.32. The molecule has 3 atom stereocenters. The molecule has 2 saturated carbocycles. The third kappa shape index (κ3) is 4.73. The van der Waals surface area contributed by atoms with E-state index >= 15 is 0 Å². The Hall–Kier alpha value is -3.25. The maximum absolute atomic E-state index is 13.8. The van der Waals surface area contributed by atoms with Gasteiger partial charge >= 0.3 is 6.54 Å². The number of hydrogen-bond donors (Lipinski definition) is 1. The number of ether oxygens (including phenoxy) is 3. The first-order chi connectivity index (χ1) is 19.0. The first-order valence-corrected chi connectivity index (χ1v) is 14.4. The third-order valence-corrected chi connectivity index (χ3v) is 8.69. The number of hydrogen-bond acceptors (Lipinski definition) is 5. The highest BCUT2D eigenvalue weighted by Crippen LogP contribution is 2.51. The highest BCUT2D eigenvalue weighted by atomic mass is 35.5. The van der Waals surface area contributed by atoms with E-state index in [1.807, 2.05) is 6.07 Å². The normalized spacial score (nSPS) is 23.1. The van der Waals surface area contributed by atoms with Gasteiger partial charge in [0.25, 0.3) is 0 Å². The van der Waals surface area contributed by atoms with Gasteiger partial charge in [0, 0.05) is 40.9 Å². The number of pyridine rings is 1. The first-order valence-electron chi connectivity index (χ1n) is 14.0. The predicted molar refractivity (Wildman–Crippen MR) is 150 cm³/mol. The topological polar surface area (TPSA) is 52.6 Å². The maximum Gasteiger partial charge on any atom is 0.397 e. The number of benzene rings is 2. The van der Waals surface area contributed by atoms with Gasteiger partial charge in [-0.15, -0.1) is 0 Å². The summed E-state index contributed by atoms with van der Waals surface area (Å²) in [6.07, 6.45) is 10.2. The summed E-state index contributed by atoms with van der Waals surface area (Å²) in [5.41, 5.74) is 4.88. The summed E-state index contributed by atoms with van der Waals surface area (Å²) < 4.78 is 30.2. The van der Waals surface area contributed by atoms with Gasteiger partial charge < -0.3 is 19.5 Å². The van der Waals surface area contributed by atoms with Gasteiger partial charge in [0.1, 0.15) is 11.4 Å². The summed E-state index contributed by atoms with van der Waals surface area (Å²) in [4.78, 5) is 5.21. The second-order valence-electron chi connectivity index (χ2n) is 11.3. The molecule has 202 valence electrons. The maximum atomic E-state index is 13.8. The number of nitrogens with zero attached hydrogens (tertiary/aromatic N) is 1. The van der Waals surface area contributed by atoms with Crippen molar-refractivity contribution in [3.63, 3.8) is 0 Å². The Kier molecular flexibility index (Phi) is 6.19. The van der Waals surface area contributed by atoms with Crippen molar-refractivity contribution in [2.24, 2.45) is 5.92 Å². The van der Waals surface area contributed by atoms with Crippen molar-refractivity contribution >= 4 is 23.9 Å². The third-order valence-electron chi connectivity index (χ3n) is 8.32. The molecule has 39 heavy (non-hydrogen) atoms. The minimum absolute atomic E-state index is 0.212. The minimum Gasteiger partial charge on any atom is -0.490 e. The number of halogens is 2. The second-order valence-corrected chi connectivity index (χ2v) is 11.7. The van der Waals surface area contributed by atoms with Crippen LogP contribution in [0.25, 0.3) is 23.5 Å². The smallest absolute Gasteiger partial charge is 0.397 e. The van der Waals surface area contributed by atoms with Crippen LogP contribution < -0.4 is 30.0 Å². The van der Waals surface area contributed by atoms with E-state index in [1.54, 1.807) is 6.07 Å². The van der Waals surface area contributed by atoms with Crippen LogP contribution in [0.1, 0.15) is 68.2 Å². The molecule has 0 spiro atoms. The Morgan fingerprint density at radius 3 is 2.69 bits per heavy atom. The Morgan fingerprint density at radius 1 is 1.08 bits per heavy atom. The number of nitrogens with one attached hydrogen (secondary N) is 1. The molecule has 0 bridgehead atoms. The predicted octanol–water partition coefficient (Wildman–Crippen LogP) is 5.95. The zero-order valence-corrected chi connectivity index (χ0v) is 22.9. The molecule has 0 saturated heterocycles. The molecule has 1 N–H and O–H groups in total. The SMILES string of the molecule is C/C=c1\ccc(CC(c2cc3c(c(-c4ccc5c(c4Cl)OC(F)O5)n2)OCC3C)C2CC2)c\c1=C\NC1CC1. The van der Waals surface area contributed by atoms with Gasteiger partial charge in [-0.2, -0.15) is 4.39 Å². The molecule has 2 aliphatic carbocycles. The fraction of sp³-hybridized carbons (Fsp3) is 0.406.